The van der Waals surface area contributed by atoms with Gasteiger partial charge in [-0.25, -0.2) is 0 Å². The van der Waals surface area contributed by atoms with Crippen molar-refractivity contribution in [1.29, 1.82) is 0 Å². The number of benzene rings is 1. The lowest BCUT2D eigenvalue weighted by Gasteiger charge is -2.13. The molecule has 0 heterocycles. The van der Waals surface area contributed by atoms with Crippen LogP contribution >= 0.6 is 0 Å². The molecule has 1 aromatic rings. The van der Waals surface area contributed by atoms with Gasteiger partial charge in [0.05, 0.1) is 0 Å². The van der Waals surface area contributed by atoms with E-state index in [0.717, 1.165) is 5.69 Å². The Kier molecular flexibility index (Phi) is 5.87. The van der Waals surface area contributed by atoms with Crippen molar-refractivity contribution in [2.45, 2.75) is 25.8 Å². The minimum atomic E-state index is -0.344. The zero-order valence-electron chi connectivity index (χ0n) is 10.5. The van der Waals surface area contributed by atoms with Crippen molar-refractivity contribution in [3.8, 4) is 0 Å². The van der Waals surface area contributed by atoms with Crippen LogP contribution in [0.5, 0.6) is 0 Å². The predicted octanol–water partition coefficient (Wildman–Crippen LogP) is 0.869. The van der Waals surface area contributed by atoms with E-state index in [1.165, 1.54) is 0 Å². The summed E-state index contributed by atoms with van der Waals surface area (Å²) in [6.07, 6.45) is 0.637. The summed E-state index contributed by atoms with van der Waals surface area (Å²) in [6.45, 7) is 2.39. The lowest BCUT2D eigenvalue weighted by Crippen LogP contribution is -2.33. The molecule has 0 aliphatic heterocycles. The topological polar surface area (TPSA) is 84.2 Å². The average molecular weight is 249 g/mol. The zero-order valence-corrected chi connectivity index (χ0v) is 10.5. The van der Waals surface area contributed by atoms with Gasteiger partial charge in [-0.2, -0.15) is 0 Å². The molecule has 0 aliphatic rings. The SMILES string of the molecule is CC(CC(=O)Nc1ccccc1)NCCC(N)=O. The van der Waals surface area contributed by atoms with E-state index in [4.69, 9.17) is 5.73 Å². The van der Waals surface area contributed by atoms with Crippen LogP contribution in [0.25, 0.3) is 0 Å². The van der Waals surface area contributed by atoms with Gasteiger partial charge >= 0.3 is 0 Å². The fourth-order valence-corrected chi connectivity index (χ4v) is 1.53. The van der Waals surface area contributed by atoms with Crippen molar-refractivity contribution < 1.29 is 9.59 Å². The van der Waals surface area contributed by atoms with E-state index in [2.05, 4.69) is 10.6 Å². The number of hydrogen-bond acceptors (Lipinski definition) is 3. The molecule has 0 aliphatic carbocycles. The molecule has 0 spiro atoms. The lowest BCUT2D eigenvalue weighted by molar-refractivity contribution is -0.118. The van der Waals surface area contributed by atoms with Crippen LogP contribution in [0.3, 0.4) is 0 Å². The lowest BCUT2D eigenvalue weighted by atomic mass is 10.2. The largest absolute Gasteiger partial charge is 0.370 e. The number of hydrogen-bond donors (Lipinski definition) is 3. The Balaban J connectivity index is 2.25. The van der Waals surface area contributed by atoms with Gasteiger partial charge in [-0.15, -0.1) is 0 Å². The van der Waals surface area contributed by atoms with Gasteiger partial charge in [-0.1, -0.05) is 18.2 Å². The third kappa shape index (κ3) is 6.00. The Labute approximate surface area is 107 Å². The summed E-state index contributed by atoms with van der Waals surface area (Å²) in [5.74, 6) is -0.399. The predicted molar refractivity (Wildman–Crippen MR) is 71.0 cm³/mol. The second-order valence-electron chi connectivity index (χ2n) is 4.19. The van der Waals surface area contributed by atoms with E-state index in [0.29, 0.717) is 13.0 Å². The number of nitrogens with one attached hydrogen (secondary N) is 2. The van der Waals surface area contributed by atoms with E-state index in [1.54, 1.807) is 0 Å². The van der Waals surface area contributed by atoms with Gasteiger partial charge in [0.1, 0.15) is 0 Å². The van der Waals surface area contributed by atoms with Crippen molar-refractivity contribution >= 4 is 17.5 Å². The second kappa shape index (κ2) is 7.45. The summed E-state index contributed by atoms with van der Waals surface area (Å²) in [7, 11) is 0. The molecule has 18 heavy (non-hydrogen) atoms. The molecule has 0 radical (unpaired) electrons. The van der Waals surface area contributed by atoms with Crippen LogP contribution < -0.4 is 16.4 Å². The first kappa shape index (κ1) is 14.2. The molecule has 0 bridgehead atoms. The maximum absolute atomic E-state index is 11.7. The first-order chi connectivity index (χ1) is 8.58. The van der Waals surface area contributed by atoms with E-state index in [1.807, 2.05) is 37.3 Å². The highest BCUT2D eigenvalue weighted by atomic mass is 16.2. The molecule has 1 rings (SSSR count). The Bertz CT molecular complexity index is 392. The van der Waals surface area contributed by atoms with Crippen molar-refractivity contribution in [3.05, 3.63) is 30.3 Å². The van der Waals surface area contributed by atoms with Gasteiger partial charge in [-0.05, 0) is 19.1 Å². The van der Waals surface area contributed by atoms with E-state index < -0.39 is 0 Å². The molecule has 2 amide bonds. The summed E-state index contributed by atoms with van der Waals surface area (Å²) in [6, 6.07) is 9.30. The maximum atomic E-state index is 11.7. The fraction of sp³-hybridized carbons (Fsp3) is 0.385. The van der Waals surface area contributed by atoms with Gasteiger partial charge in [0, 0.05) is 31.1 Å². The molecule has 0 aromatic heterocycles. The molecule has 98 valence electrons. The summed E-state index contributed by atoms with van der Waals surface area (Å²) < 4.78 is 0. The van der Waals surface area contributed by atoms with Gasteiger partial charge in [0.15, 0.2) is 0 Å². The molecule has 4 N–H and O–H groups in total. The van der Waals surface area contributed by atoms with Crippen LogP contribution in [-0.4, -0.2) is 24.4 Å². The molecule has 0 saturated carbocycles. The van der Waals surface area contributed by atoms with Crippen LogP contribution in [0, 0.1) is 0 Å². The monoisotopic (exact) mass is 249 g/mol. The highest BCUT2D eigenvalue weighted by Crippen LogP contribution is 2.06. The van der Waals surface area contributed by atoms with Crippen LogP contribution in [0.4, 0.5) is 5.69 Å². The van der Waals surface area contributed by atoms with Crippen molar-refractivity contribution in [2.24, 2.45) is 5.73 Å². The highest BCUT2D eigenvalue weighted by Gasteiger charge is 2.08. The highest BCUT2D eigenvalue weighted by molar-refractivity contribution is 5.91. The number of carbonyl (C=O) groups excluding carboxylic acids is 2. The van der Waals surface area contributed by atoms with Crippen LogP contribution in [0.15, 0.2) is 30.3 Å². The van der Waals surface area contributed by atoms with Crippen LogP contribution in [-0.2, 0) is 9.59 Å². The number of primary amides is 1. The number of nitrogens with two attached hydrogens (primary N) is 1. The number of rotatable bonds is 7. The Hall–Kier alpha value is -1.88. The molecule has 0 fully saturated rings. The van der Waals surface area contributed by atoms with Gasteiger partial charge < -0.3 is 16.4 Å². The molecular formula is C13H19N3O2. The van der Waals surface area contributed by atoms with E-state index in [9.17, 15) is 9.59 Å². The maximum Gasteiger partial charge on any atom is 0.225 e. The van der Waals surface area contributed by atoms with E-state index in [-0.39, 0.29) is 24.3 Å². The number of anilines is 1. The number of carbonyl (C=O) groups is 2. The fourth-order valence-electron chi connectivity index (χ4n) is 1.53. The summed E-state index contributed by atoms with van der Waals surface area (Å²) >= 11 is 0. The van der Waals surface area contributed by atoms with Crippen molar-refractivity contribution in [3.63, 3.8) is 0 Å². The molecule has 0 saturated heterocycles. The Morgan fingerprint density at radius 1 is 1.28 bits per heavy atom. The second-order valence-corrected chi connectivity index (χ2v) is 4.19. The molecule has 5 nitrogen and oxygen atoms in total. The summed E-state index contributed by atoms with van der Waals surface area (Å²) in [5.41, 5.74) is 5.81. The third-order valence-corrected chi connectivity index (χ3v) is 2.41. The average Bonchev–Trinajstić information content (AvgIpc) is 2.29. The molecule has 1 aromatic carbocycles. The molecule has 1 unspecified atom stereocenters. The summed E-state index contributed by atoms with van der Waals surface area (Å²) in [5, 5.41) is 5.87. The minimum absolute atomic E-state index is 0.00747. The van der Waals surface area contributed by atoms with Crippen LogP contribution in [0.2, 0.25) is 0 Å². The smallest absolute Gasteiger partial charge is 0.225 e. The number of amides is 2. The van der Waals surface area contributed by atoms with Gasteiger partial charge in [-0.3, -0.25) is 9.59 Å². The first-order valence-electron chi connectivity index (χ1n) is 5.94. The number of para-hydroxylation sites is 1. The van der Waals surface area contributed by atoms with Crippen molar-refractivity contribution in [2.75, 3.05) is 11.9 Å². The molecular weight excluding hydrogens is 230 g/mol. The van der Waals surface area contributed by atoms with Crippen LogP contribution in [0.1, 0.15) is 19.8 Å². The first-order valence-corrected chi connectivity index (χ1v) is 5.94. The Morgan fingerprint density at radius 3 is 2.56 bits per heavy atom. The summed E-state index contributed by atoms with van der Waals surface area (Å²) in [4.78, 5) is 22.2. The quantitative estimate of drug-likeness (QED) is 0.670. The molecule has 5 heteroatoms. The van der Waals surface area contributed by atoms with Gasteiger partial charge in [0.25, 0.3) is 0 Å². The van der Waals surface area contributed by atoms with E-state index >= 15 is 0 Å². The van der Waals surface area contributed by atoms with Gasteiger partial charge in [0.2, 0.25) is 11.8 Å². The standard InChI is InChI=1S/C13H19N3O2/c1-10(15-8-7-12(14)17)9-13(18)16-11-5-3-2-4-6-11/h2-6,10,15H,7-9H2,1H3,(H2,14,17)(H,16,18). The normalized spacial score (nSPS) is 11.8. The third-order valence-electron chi connectivity index (χ3n) is 2.41. The van der Waals surface area contributed by atoms with Crippen molar-refractivity contribution in [1.82, 2.24) is 5.32 Å². The minimum Gasteiger partial charge on any atom is -0.370 e. The molecule has 1 atom stereocenters. The Morgan fingerprint density at radius 2 is 1.94 bits per heavy atom. The zero-order chi connectivity index (χ0) is 13.4.